The van der Waals surface area contributed by atoms with Crippen molar-refractivity contribution >= 4 is 11.7 Å². The van der Waals surface area contributed by atoms with Gasteiger partial charge in [-0.3, -0.25) is 14.5 Å². The maximum Gasteiger partial charge on any atom is 0.255 e. The van der Waals surface area contributed by atoms with Gasteiger partial charge in [0, 0.05) is 31.2 Å². The van der Waals surface area contributed by atoms with Crippen LogP contribution in [0.25, 0.3) is 0 Å². The molecule has 1 aliphatic heterocycles. The number of rotatable bonds is 2. The van der Waals surface area contributed by atoms with E-state index in [-0.39, 0.29) is 5.91 Å². The average Bonchev–Trinajstić information content (AvgIpc) is 2.94. The van der Waals surface area contributed by atoms with Gasteiger partial charge in [-0.2, -0.15) is 5.10 Å². The number of likely N-dealkylation sites (tertiary alicyclic amines) is 1. The van der Waals surface area contributed by atoms with Gasteiger partial charge in [-0.05, 0) is 38.0 Å². The summed E-state index contributed by atoms with van der Waals surface area (Å²) >= 11 is 0. The number of hydrogen-bond acceptors (Lipinski definition) is 4. The Morgan fingerprint density at radius 3 is 2.62 bits per heavy atom. The normalized spacial score (nSPS) is 16.1. The van der Waals surface area contributed by atoms with Crippen LogP contribution in [0.1, 0.15) is 34.9 Å². The standard InChI is InChI=1S/C15H19N5O/c1-11-2-3-12(10-17-11)15(21)19-7-4-13(5-8-19)20-9-6-14(16)18-20/h2-3,6,9-10,13H,4-5,7-8H2,1H3,(H2,16,18). The summed E-state index contributed by atoms with van der Waals surface area (Å²) in [6.45, 7) is 3.38. The molecule has 0 aromatic carbocycles. The number of aromatic nitrogens is 3. The Bertz CT molecular complexity index is 626. The van der Waals surface area contributed by atoms with Crippen molar-refractivity contribution in [2.45, 2.75) is 25.8 Å². The fraction of sp³-hybridized carbons (Fsp3) is 0.400. The Labute approximate surface area is 123 Å². The summed E-state index contributed by atoms with van der Waals surface area (Å²) in [5, 5.41) is 4.25. The van der Waals surface area contributed by atoms with E-state index in [0.717, 1.165) is 31.6 Å². The molecule has 1 aliphatic rings. The number of carbonyl (C=O) groups excluding carboxylic acids is 1. The van der Waals surface area contributed by atoms with E-state index < -0.39 is 0 Å². The zero-order valence-corrected chi connectivity index (χ0v) is 12.1. The molecule has 3 heterocycles. The van der Waals surface area contributed by atoms with Gasteiger partial charge in [0.15, 0.2) is 0 Å². The van der Waals surface area contributed by atoms with E-state index in [4.69, 9.17) is 5.73 Å². The quantitative estimate of drug-likeness (QED) is 0.910. The first-order chi connectivity index (χ1) is 10.1. The zero-order chi connectivity index (χ0) is 14.8. The second kappa shape index (κ2) is 5.55. The molecule has 21 heavy (non-hydrogen) atoms. The predicted octanol–water partition coefficient (Wildman–Crippen LogP) is 1.65. The summed E-state index contributed by atoms with van der Waals surface area (Å²) in [7, 11) is 0. The van der Waals surface area contributed by atoms with Crippen LogP contribution in [0.5, 0.6) is 0 Å². The van der Waals surface area contributed by atoms with E-state index >= 15 is 0 Å². The topological polar surface area (TPSA) is 77.0 Å². The number of carbonyl (C=O) groups is 1. The molecule has 1 amide bonds. The maximum atomic E-state index is 12.4. The zero-order valence-electron chi connectivity index (χ0n) is 12.1. The smallest absolute Gasteiger partial charge is 0.255 e. The number of aryl methyl sites for hydroxylation is 1. The highest BCUT2D eigenvalue weighted by Crippen LogP contribution is 2.23. The monoisotopic (exact) mass is 285 g/mol. The number of nitrogens with zero attached hydrogens (tertiary/aromatic N) is 4. The minimum absolute atomic E-state index is 0.0564. The van der Waals surface area contributed by atoms with Gasteiger partial charge in [0.1, 0.15) is 5.82 Å². The highest BCUT2D eigenvalue weighted by atomic mass is 16.2. The fourth-order valence-electron chi connectivity index (χ4n) is 2.67. The molecule has 6 heteroatoms. The first-order valence-electron chi connectivity index (χ1n) is 7.16. The molecule has 3 rings (SSSR count). The van der Waals surface area contributed by atoms with E-state index in [2.05, 4.69) is 10.1 Å². The van der Waals surface area contributed by atoms with E-state index in [1.165, 1.54) is 0 Å². The van der Waals surface area contributed by atoms with Crippen LogP contribution >= 0.6 is 0 Å². The molecule has 0 spiro atoms. The first-order valence-corrected chi connectivity index (χ1v) is 7.16. The van der Waals surface area contributed by atoms with Crippen LogP contribution in [-0.2, 0) is 0 Å². The molecule has 110 valence electrons. The van der Waals surface area contributed by atoms with Gasteiger partial charge in [-0.25, -0.2) is 0 Å². The Morgan fingerprint density at radius 2 is 2.05 bits per heavy atom. The van der Waals surface area contributed by atoms with Crippen molar-refractivity contribution in [3.63, 3.8) is 0 Å². The Balaban J connectivity index is 1.63. The average molecular weight is 285 g/mol. The SMILES string of the molecule is Cc1ccc(C(=O)N2CCC(n3ccc(N)n3)CC2)cn1. The minimum Gasteiger partial charge on any atom is -0.382 e. The fourth-order valence-corrected chi connectivity index (χ4v) is 2.67. The van der Waals surface area contributed by atoms with Gasteiger partial charge in [0.05, 0.1) is 11.6 Å². The molecular formula is C15H19N5O. The number of hydrogen-bond donors (Lipinski definition) is 1. The molecule has 0 radical (unpaired) electrons. The summed E-state index contributed by atoms with van der Waals surface area (Å²) in [5.74, 6) is 0.597. The molecule has 2 aromatic heterocycles. The molecular weight excluding hydrogens is 266 g/mol. The molecule has 0 saturated carbocycles. The molecule has 1 saturated heterocycles. The van der Waals surface area contributed by atoms with Crippen LogP contribution in [0, 0.1) is 6.92 Å². The van der Waals surface area contributed by atoms with Crippen LogP contribution in [0.4, 0.5) is 5.82 Å². The van der Waals surface area contributed by atoms with Gasteiger partial charge < -0.3 is 10.6 Å². The largest absolute Gasteiger partial charge is 0.382 e. The third-order valence-corrected chi connectivity index (χ3v) is 3.91. The van der Waals surface area contributed by atoms with Crippen molar-refractivity contribution in [2.75, 3.05) is 18.8 Å². The lowest BCUT2D eigenvalue weighted by atomic mass is 10.0. The van der Waals surface area contributed by atoms with Gasteiger partial charge in [0.2, 0.25) is 0 Å². The first kappa shape index (κ1) is 13.6. The molecule has 0 atom stereocenters. The molecule has 0 unspecified atom stereocenters. The minimum atomic E-state index is 0.0564. The van der Waals surface area contributed by atoms with Crippen molar-refractivity contribution in [2.24, 2.45) is 0 Å². The van der Waals surface area contributed by atoms with E-state index in [1.807, 2.05) is 34.8 Å². The van der Waals surface area contributed by atoms with Gasteiger partial charge in [-0.15, -0.1) is 0 Å². The van der Waals surface area contributed by atoms with Gasteiger partial charge in [-0.1, -0.05) is 0 Å². The third-order valence-electron chi connectivity index (χ3n) is 3.91. The van der Waals surface area contributed by atoms with E-state index in [9.17, 15) is 4.79 Å². The molecule has 0 bridgehead atoms. The van der Waals surface area contributed by atoms with Crippen molar-refractivity contribution in [3.8, 4) is 0 Å². The van der Waals surface area contributed by atoms with Gasteiger partial charge >= 0.3 is 0 Å². The van der Waals surface area contributed by atoms with Crippen molar-refractivity contribution < 1.29 is 4.79 Å². The van der Waals surface area contributed by atoms with Crippen LogP contribution in [-0.4, -0.2) is 38.7 Å². The van der Waals surface area contributed by atoms with Crippen LogP contribution in [0.15, 0.2) is 30.6 Å². The molecule has 1 fully saturated rings. The highest BCUT2D eigenvalue weighted by Gasteiger charge is 2.25. The summed E-state index contributed by atoms with van der Waals surface area (Å²) < 4.78 is 1.91. The van der Waals surface area contributed by atoms with Crippen molar-refractivity contribution in [3.05, 3.63) is 41.9 Å². The lowest BCUT2D eigenvalue weighted by Gasteiger charge is -2.32. The number of nitrogen functional groups attached to an aromatic ring is 1. The molecule has 0 aliphatic carbocycles. The number of nitrogens with two attached hydrogens (primary N) is 1. The van der Waals surface area contributed by atoms with E-state index in [0.29, 0.717) is 17.4 Å². The summed E-state index contributed by atoms with van der Waals surface area (Å²) in [6, 6.07) is 5.83. The lowest BCUT2D eigenvalue weighted by molar-refractivity contribution is 0.0689. The molecule has 2 N–H and O–H groups in total. The van der Waals surface area contributed by atoms with Gasteiger partial charge in [0.25, 0.3) is 5.91 Å². The van der Waals surface area contributed by atoms with Crippen LogP contribution in [0.3, 0.4) is 0 Å². The number of anilines is 1. The lowest BCUT2D eigenvalue weighted by Crippen LogP contribution is -2.39. The number of amides is 1. The highest BCUT2D eigenvalue weighted by molar-refractivity contribution is 5.93. The van der Waals surface area contributed by atoms with Crippen molar-refractivity contribution in [1.29, 1.82) is 0 Å². The Morgan fingerprint density at radius 1 is 1.29 bits per heavy atom. The maximum absolute atomic E-state index is 12.4. The second-order valence-corrected chi connectivity index (χ2v) is 5.43. The second-order valence-electron chi connectivity index (χ2n) is 5.43. The number of pyridine rings is 1. The molecule has 2 aromatic rings. The Kier molecular flexibility index (Phi) is 3.60. The van der Waals surface area contributed by atoms with E-state index in [1.54, 1.807) is 12.3 Å². The van der Waals surface area contributed by atoms with Crippen LogP contribution < -0.4 is 5.73 Å². The summed E-state index contributed by atoms with van der Waals surface area (Å²) in [4.78, 5) is 18.5. The van der Waals surface area contributed by atoms with Crippen LogP contribution in [0.2, 0.25) is 0 Å². The molecule has 6 nitrogen and oxygen atoms in total. The third kappa shape index (κ3) is 2.89. The summed E-state index contributed by atoms with van der Waals surface area (Å²) in [6.07, 6.45) is 5.34. The predicted molar refractivity (Wildman–Crippen MR) is 79.8 cm³/mol. The Hall–Kier alpha value is -2.37. The van der Waals surface area contributed by atoms with Crippen molar-refractivity contribution in [1.82, 2.24) is 19.7 Å². The number of piperidine rings is 1. The summed E-state index contributed by atoms with van der Waals surface area (Å²) in [5.41, 5.74) is 7.22.